The van der Waals surface area contributed by atoms with Crippen LogP contribution >= 0.6 is 11.3 Å². The number of methoxy groups -OCH3 is 1. The van der Waals surface area contributed by atoms with Crippen molar-refractivity contribution in [3.63, 3.8) is 0 Å². The van der Waals surface area contributed by atoms with Crippen molar-refractivity contribution in [1.29, 1.82) is 0 Å². The van der Waals surface area contributed by atoms with E-state index in [1.165, 1.54) is 18.4 Å². The molecule has 1 N–H and O–H groups in total. The molecule has 0 atom stereocenters. The molecule has 0 aliphatic rings. The molecule has 0 saturated carbocycles. The first-order valence-corrected chi connectivity index (χ1v) is 6.93. The second-order valence-corrected chi connectivity index (χ2v) is 4.81. The van der Waals surface area contributed by atoms with Crippen LogP contribution in [0.5, 0.6) is 0 Å². The van der Waals surface area contributed by atoms with E-state index >= 15 is 0 Å². The molecule has 6 nitrogen and oxygen atoms in total. The molecular formula is C13H14N2O4S. The van der Waals surface area contributed by atoms with Gasteiger partial charge in [0.1, 0.15) is 5.69 Å². The third-order valence-electron chi connectivity index (χ3n) is 2.54. The van der Waals surface area contributed by atoms with Crippen molar-refractivity contribution in [2.45, 2.75) is 12.8 Å². The monoisotopic (exact) mass is 294 g/mol. The maximum Gasteiger partial charge on any atom is 0.305 e. The minimum Gasteiger partial charge on any atom is -0.469 e. The van der Waals surface area contributed by atoms with Gasteiger partial charge in [0.05, 0.1) is 13.4 Å². The molecule has 0 radical (unpaired) electrons. The highest BCUT2D eigenvalue weighted by atomic mass is 32.1. The normalized spacial score (nSPS) is 10.2. The number of amides is 1. The van der Waals surface area contributed by atoms with Crippen LogP contribution in [0, 0.1) is 0 Å². The number of ether oxygens (including phenoxy) is 1. The van der Waals surface area contributed by atoms with Gasteiger partial charge < -0.3 is 14.5 Å². The predicted octanol–water partition coefficient (Wildman–Crippen LogP) is 2.09. The average Bonchev–Trinajstić information content (AvgIpc) is 3.12. The molecule has 2 aromatic rings. The quantitative estimate of drug-likeness (QED) is 0.651. The third kappa shape index (κ3) is 3.67. The van der Waals surface area contributed by atoms with Gasteiger partial charge in [-0.15, -0.1) is 11.3 Å². The van der Waals surface area contributed by atoms with Crippen LogP contribution in [0.1, 0.15) is 23.3 Å². The number of nitrogens with zero attached hydrogens (tertiary/aromatic N) is 1. The Morgan fingerprint density at radius 3 is 3.05 bits per heavy atom. The first kappa shape index (κ1) is 14.3. The van der Waals surface area contributed by atoms with Crippen molar-refractivity contribution in [1.82, 2.24) is 10.3 Å². The highest BCUT2D eigenvalue weighted by molar-refractivity contribution is 7.13. The fraction of sp³-hybridized carbons (Fsp3) is 0.308. The molecule has 0 aromatic carbocycles. The molecule has 0 unspecified atom stereocenters. The van der Waals surface area contributed by atoms with E-state index in [0.29, 0.717) is 29.4 Å². The largest absolute Gasteiger partial charge is 0.469 e. The van der Waals surface area contributed by atoms with Gasteiger partial charge in [0, 0.05) is 18.3 Å². The summed E-state index contributed by atoms with van der Waals surface area (Å²) in [5.41, 5.74) is 0.347. The predicted molar refractivity (Wildman–Crippen MR) is 73.4 cm³/mol. The van der Waals surface area contributed by atoms with Gasteiger partial charge in [-0.05, 0) is 18.6 Å². The highest BCUT2D eigenvalue weighted by Gasteiger charge is 2.12. The summed E-state index contributed by atoms with van der Waals surface area (Å²) < 4.78 is 9.73. The number of furan rings is 1. The van der Waals surface area contributed by atoms with E-state index in [0.717, 1.165) is 0 Å². The van der Waals surface area contributed by atoms with E-state index < -0.39 is 0 Å². The summed E-state index contributed by atoms with van der Waals surface area (Å²) in [7, 11) is 1.34. The lowest BCUT2D eigenvalue weighted by Crippen LogP contribution is -2.25. The molecule has 0 aliphatic heterocycles. The number of carbonyl (C=O) groups is 2. The minimum absolute atomic E-state index is 0.260. The van der Waals surface area contributed by atoms with Gasteiger partial charge in [0.15, 0.2) is 10.8 Å². The molecule has 0 bridgehead atoms. The standard InChI is InChI=1S/C13H14N2O4S/c1-18-11(16)5-2-6-14-12(17)9-8-20-13(15-9)10-4-3-7-19-10/h3-4,7-8H,2,5-6H2,1H3,(H,14,17). The molecule has 2 rings (SSSR count). The fourth-order valence-corrected chi connectivity index (χ4v) is 2.29. The molecule has 0 fully saturated rings. The zero-order valence-electron chi connectivity index (χ0n) is 10.9. The van der Waals surface area contributed by atoms with Crippen LogP contribution < -0.4 is 5.32 Å². The Balaban J connectivity index is 1.83. The Kier molecular flexibility index (Phi) is 4.89. The van der Waals surface area contributed by atoms with Crippen molar-refractivity contribution in [3.8, 4) is 10.8 Å². The number of nitrogens with one attached hydrogen (secondary N) is 1. The van der Waals surface area contributed by atoms with Gasteiger partial charge >= 0.3 is 5.97 Å². The lowest BCUT2D eigenvalue weighted by Gasteiger charge is -2.02. The lowest BCUT2D eigenvalue weighted by atomic mass is 10.3. The van der Waals surface area contributed by atoms with Crippen molar-refractivity contribution in [2.24, 2.45) is 0 Å². The van der Waals surface area contributed by atoms with E-state index in [1.807, 2.05) is 0 Å². The van der Waals surface area contributed by atoms with Crippen molar-refractivity contribution in [3.05, 3.63) is 29.5 Å². The Labute approximate surface area is 119 Å². The Morgan fingerprint density at radius 2 is 2.35 bits per heavy atom. The first-order valence-electron chi connectivity index (χ1n) is 6.05. The zero-order chi connectivity index (χ0) is 14.4. The molecule has 0 spiro atoms. The molecule has 106 valence electrons. The SMILES string of the molecule is COC(=O)CCCNC(=O)c1csc(-c2ccco2)n1. The van der Waals surface area contributed by atoms with Crippen LogP contribution in [0.3, 0.4) is 0 Å². The maximum atomic E-state index is 11.8. The van der Waals surface area contributed by atoms with Crippen molar-refractivity contribution >= 4 is 23.2 Å². The van der Waals surface area contributed by atoms with Crippen LogP contribution in [0.15, 0.2) is 28.2 Å². The van der Waals surface area contributed by atoms with Crippen molar-refractivity contribution < 1.29 is 18.7 Å². The van der Waals surface area contributed by atoms with Gasteiger partial charge in [0.25, 0.3) is 5.91 Å². The summed E-state index contributed by atoms with van der Waals surface area (Å²) >= 11 is 1.34. The van der Waals surface area contributed by atoms with Crippen LogP contribution in [0.4, 0.5) is 0 Å². The summed E-state index contributed by atoms with van der Waals surface area (Å²) in [4.78, 5) is 26.9. The van der Waals surface area contributed by atoms with Gasteiger partial charge in [-0.1, -0.05) is 0 Å². The van der Waals surface area contributed by atoms with Gasteiger partial charge in [-0.25, -0.2) is 4.98 Å². The van der Waals surface area contributed by atoms with Gasteiger partial charge in [0.2, 0.25) is 0 Å². The highest BCUT2D eigenvalue weighted by Crippen LogP contribution is 2.23. The maximum absolute atomic E-state index is 11.8. The number of rotatable bonds is 6. The summed E-state index contributed by atoms with van der Waals surface area (Å²) in [6.07, 6.45) is 2.38. The third-order valence-corrected chi connectivity index (χ3v) is 3.40. The average molecular weight is 294 g/mol. The zero-order valence-corrected chi connectivity index (χ0v) is 11.7. The van der Waals surface area contributed by atoms with E-state index in [-0.39, 0.29) is 18.3 Å². The fourth-order valence-electron chi connectivity index (χ4n) is 1.52. The Morgan fingerprint density at radius 1 is 1.50 bits per heavy atom. The number of hydrogen-bond acceptors (Lipinski definition) is 6. The van der Waals surface area contributed by atoms with E-state index in [9.17, 15) is 9.59 Å². The lowest BCUT2D eigenvalue weighted by molar-refractivity contribution is -0.140. The van der Waals surface area contributed by atoms with E-state index in [1.54, 1.807) is 23.8 Å². The Bertz CT molecular complexity index is 577. The second kappa shape index (κ2) is 6.85. The summed E-state index contributed by atoms with van der Waals surface area (Å²) in [5, 5.41) is 5.04. The van der Waals surface area contributed by atoms with Crippen LogP contribution in [-0.2, 0) is 9.53 Å². The van der Waals surface area contributed by atoms with Crippen LogP contribution in [0.2, 0.25) is 0 Å². The topological polar surface area (TPSA) is 81.4 Å². The van der Waals surface area contributed by atoms with Crippen molar-refractivity contribution in [2.75, 3.05) is 13.7 Å². The smallest absolute Gasteiger partial charge is 0.305 e. The summed E-state index contributed by atoms with van der Waals surface area (Å²) in [6.45, 7) is 0.404. The molecular weight excluding hydrogens is 280 g/mol. The number of thiazole rings is 1. The van der Waals surface area contributed by atoms with E-state index in [4.69, 9.17) is 4.42 Å². The number of hydrogen-bond donors (Lipinski definition) is 1. The molecule has 1 amide bonds. The Hall–Kier alpha value is -2.15. The molecule has 0 saturated heterocycles. The first-order chi connectivity index (χ1) is 9.70. The molecule has 0 aliphatic carbocycles. The van der Waals surface area contributed by atoms with E-state index in [2.05, 4.69) is 15.0 Å². The van der Waals surface area contributed by atoms with Gasteiger partial charge in [-0.3, -0.25) is 9.59 Å². The van der Waals surface area contributed by atoms with Gasteiger partial charge in [-0.2, -0.15) is 0 Å². The second-order valence-electron chi connectivity index (χ2n) is 3.95. The number of carbonyl (C=O) groups excluding carboxylic acids is 2. The molecule has 20 heavy (non-hydrogen) atoms. The van der Waals surface area contributed by atoms with Crippen LogP contribution in [-0.4, -0.2) is 30.5 Å². The minimum atomic E-state index is -0.284. The summed E-state index contributed by atoms with van der Waals surface area (Å²) in [5.74, 6) is 0.0941. The molecule has 2 aromatic heterocycles. The molecule has 2 heterocycles. The van der Waals surface area contributed by atoms with Crippen LogP contribution in [0.25, 0.3) is 10.8 Å². The summed E-state index contributed by atoms with van der Waals surface area (Å²) in [6, 6.07) is 3.56. The number of aromatic nitrogens is 1. The number of esters is 1. The molecule has 7 heteroatoms.